The van der Waals surface area contributed by atoms with Gasteiger partial charge in [-0.2, -0.15) is 0 Å². The molecule has 2 amide bonds. The van der Waals surface area contributed by atoms with Crippen LogP contribution in [0.4, 0.5) is 5.13 Å². The molecule has 19 heavy (non-hydrogen) atoms. The maximum absolute atomic E-state index is 12.3. The fourth-order valence-corrected chi connectivity index (χ4v) is 3.39. The number of anilines is 1. The molecule has 0 unspecified atom stereocenters. The van der Waals surface area contributed by atoms with Crippen LogP contribution in [0, 0.1) is 11.8 Å². The molecule has 98 valence electrons. The number of Topliss-reactive ketones (excluding diaryl/α,β-unsaturated/α-hetero) is 1. The molecule has 0 saturated carbocycles. The summed E-state index contributed by atoms with van der Waals surface area (Å²) in [5, 5.41) is 1.90. The second kappa shape index (κ2) is 4.38. The molecule has 1 saturated heterocycles. The summed E-state index contributed by atoms with van der Waals surface area (Å²) in [6, 6.07) is 0. The molecule has 1 fully saturated rings. The molecule has 3 rings (SSSR count). The topological polar surface area (TPSA) is 67.3 Å². The van der Waals surface area contributed by atoms with E-state index in [2.05, 4.69) is 4.98 Å². The zero-order valence-corrected chi connectivity index (χ0v) is 11.1. The summed E-state index contributed by atoms with van der Waals surface area (Å²) in [5.74, 6) is -1.07. The lowest BCUT2D eigenvalue weighted by molar-refractivity contribution is -0.122. The number of imide groups is 1. The Morgan fingerprint density at radius 3 is 2.32 bits per heavy atom. The van der Waals surface area contributed by atoms with Gasteiger partial charge in [0.1, 0.15) is 5.69 Å². The van der Waals surface area contributed by atoms with Gasteiger partial charge in [-0.25, -0.2) is 9.88 Å². The second-order valence-corrected chi connectivity index (χ2v) is 5.58. The highest BCUT2D eigenvalue weighted by Gasteiger charge is 2.48. The Labute approximate surface area is 113 Å². The van der Waals surface area contributed by atoms with Crippen molar-refractivity contribution in [2.24, 2.45) is 11.8 Å². The van der Waals surface area contributed by atoms with Gasteiger partial charge in [0.15, 0.2) is 10.9 Å². The van der Waals surface area contributed by atoms with E-state index in [4.69, 9.17) is 0 Å². The third kappa shape index (κ3) is 1.83. The third-order valence-electron chi connectivity index (χ3n) is 3.55. The maximum Gasteiger partial charge on any atom is 0.239 e. The number of carbonyl (C=O) groups excluding carboxylic acids is 3. The first kappa shape index (κ1) is 12.2. The molecule has 6 heteroatoms. The van der Waals surface area contributed by atoms with Gasteiger partial charge < -0.3 is 0 Å². The van der Waals surface area contributed by atoms with Crippen molar-refractivity contribution < 1.29 is 14.4 Å². The molecule has 0 radical (unpaired) electrons. The molecular formula is C13H12N2O3S. The van der Waals surface area contributed by atoms with Gasteiger partial charge in [-0.15, -0.1) is 11.3 Å². The van der Waals surface area contributed by atoms with E-state index >= 15 is 0 Å². The monoisotopic (exact) mass is 276 g/mol. The largest absolute Gasteiger partial charge is 0.293 e. The molecule has 1 aromatic rings. The molecule has 0 bridgehead atoms. The summed E-state index contributed by atoms with van der Waals surface area (Å²) in [4.78, 5) is 41.0. The van der Waals surface area contributed by atoms with Gasteiger partial charge in [-0.3, -0.25) is 14.4 Å². The maximum atomic E-state index is 12.3. The number of aromatic nitrogens is 1. The van der Waals surface area contributed by atoms with Crippen LogP contribution in [0.1, 0.15) is 30.3 Å². The molecule has 2 atom stereocenters. The lowest BCUT2D eigenvalue weighted by Gasteiger charge is -2.14. The number of thiazole rings is 1. The molecule has 0 aromatic carbocycles. The lowest BCUT2D eigenvalue weighted by atomic mass is 9.85. The lowest BCUT2D eigenvalue weighted by Crippen LogP contribution is -2.30. The highest BCUT2D eigenvalue weighted by Crippen LogP contribution is 2.38. The van der Waals surface area contributed by atoms with Crippen LogP contribution in [-0.2, 0) is 9.59 Å². The predicted molar refractivity (Wildman–Crippen MR) is 70.0 cm³/mol. The average molecular weight is 276 g/mol. The number of rotatable bonds is 2. The Bertz CT molecular complexity index is 579. The van der Waals surface area contributed by atoms with Crippen LogP contribution in [0.25, 0.3) is 0 Å². The Morgan fingerprint density at radius 1 is 1.26 bits per heavy atom. The van der Waals surface area contributed by atoms with E-state index in [0.717, 1.165) is 16.2 Å². The van der Waals surface area contributed by atoms with E-state index in [1.807, 2.05) is 12.2 Å². The van der Waals surface area contributed by atoms with Crippen molar-refractivity contribution >= 4 is 34.1 Å². The molecule has 1 aliphatic carbocycles. The van der Waals surface area contributed by atoms with E-state index in [-0.39, 0.29) is 29.4 Å². The second-order valence-electron chi connectivity index (χ2n) is 4.74. The van der Waals surface area contributed by atoms with E-state index in [0.29, 0.717) is 23.7 Å². The predicted octanol–water partition coefficient (Wildman–Crippen LogP) is 1.80. The highest BCUT2D eigenvalue weighted by molar-refractivity contribution is 7.14. The number of allylic oxidation sites excluding steroid dienone is 2. The quantitative estimate of drug-likeness (QED) is 0.469. The van der Waals surface area contributed by atoms with Crippen LogP contribution >= 0.6 is 11.3 Å². The molecule has 0 N–H and O–H groups in total. The molecule has 0 spiro atoms. The number of carbonyl (C=O) groups is 3. The first-order valence-corrected chi connectivity index (χ1v) is 6.97. The average Bonchev–Trinajstić information content (AvgIpc) is 2.96. The van der Waals surface area contributed by atoms with Gasteiger partial charge in [0.05, 0.1) is 11.8 Å². The number of nitrogens with zero attached hydrogens (tertiary/aromatic N) is 2. The minimum Gasteiger partial charge on any atom is -0.293 e. The van der Waals surface area contributed by atoms with Crippen LogP contribution in [-0.4, -0.2) is 22.6 Å². The fraction of sp³-hybridized carbons (Fsp3) is 0.385. The minimum absolute atomic E-state index is 0.166. The zero-order chi connectivity index (χ0) is 13.6. The van der Waals surface area contributed by atoms with Gasteiger partial charge in [0.25, 0.3) is 0 Å². The smallest absolute Gasteiger partial charge is 0.239 e. The Balaban J connectivity index is 1.94. The minimum atomic E-state index is -0.262. The molecule has 2 heterocycles. The van der Waals surface area contributed by atoms with Gasteiger partial charge in [0, 0.05) is 12.3 Å². The summed E-state index contributed by atoms with van der Waals surface area (Å²) in [7, 11) is 0. The van der Waals surface area contributed by atoms with Crippen molar-refractivity contribution in [1.29, 1.82) is 0 Å². The molecule has 5 nitrogen and oxygen atoms in total. The van der Waals surface area contributed by atoms with Crippen molar-refractivity contribution in [3.05, 3.63) is 23.2 Å². The SMILES string of the molecule is CC(=O)c1csc(N2C(=O)[C@H]3CC=CC[C@H]3C2=O)n1. The fourth-order valence-electron chi connectivity index (χ4n) is 2.52. The third-order valence-corrected chi connectivity index (χ3v) is 4.38. The van der Waals surface area contributed by atoms with Gasteiger partial charge >= 0.3 is 0 Å². The molecule has 1 aromatic heterocycles. The molecular weight excluding hydrogens is 264 g/mol. The Kier molecular flexibility index (Phi) is 2.82. The van der Waals surface area contributed by atoms with E-state index in [1.165, 1.54) is 6.92 Å². The van der Waals surface area contributed by atoms with Gasteiger partial charge in [-0.1, -0.05) is 12.2 Å². The highest BCUT2D eigenvalue weighted by atomic mass is 32.1. The number of ketones is 1. The summed E-state index contributed by atoms with van der Waals surface area (Å²) in [6.45, 7) is 1.41. The first-order chi connectivity index (χ1) is 9.09. The summed E-state index contributed by atoms with van der Waals surface area (Å²) in [5.41, 5.74) is 0.300. The van der Waals surface area contributed by atoms with Crippen LogP contribution in [0.3, 0.4) is 0 Å². The van der Waals surface area contributed by atoms with Crippen LogP contribution < -0.4 is 4.90 Å². The summed E-state index contributed by atoms with van der Waals surface area (Å²) in [6.07, 6.45) is 5.10. The number of hydrogen-bond acceptors (Lipinski definition) is 5. The van der Waals surface area contributed by atoms with Crippen molar-refractivity contribution in [1.82, 2.24) is 4.98 Å². The molecule has 2 aliphatic rings. The number of amides is 2. The van der Waals surface area contributed by atoms with E-state index in [9.17, 15) is 14.4 Å². The Morgan fingerprint density at radius 2 is 1.84 bits per heavy atom. The number of fused-ring (bicyclic) bond motifs is 1. The van der Waals surface area contributed by atoms with Crippen molar-refractivity contribution in [2.45, 2.75) is 19.8 Å². The van der Waals surface area contributed by atoms with E-state index in [1.54, 1.807) is 5.38 Å². The summed E-state index contributed by atoms with van der Waals surface area (Å²) < 4.78 is 0. The van der Waals surface area contributed by atoms with Crippen molar-refractivity contribution in [3.8, 4) is 0 Å². The van der Waals surface area contributed by atoms with Gasteiger partial charge in [0.2, 0.25) is 11.8 Å². The first-order valence-electron chi connectivity index (χ1n) is 6.09. The Hall–Kier alpha value is -1.82. The van der Waals surface area contributed by atoms with Gasteiger partial charge in [-0.05, 0) is 12.8 Å². The zero-order valence-electron chi connectivity index (χ0n) is 10.3. The van der Waals surface area contributed by atoms with Crippen LogP contribution in [0.15, 0.2) is 17.5 Å². The van der Waals surface area contributed by atoms with Crippen LogP contribution in [0.2, 0.25) is 0 Å². The van der Waals surface area contributed by atoms with Crippen molar-refractivity contribution in [2.75, 3.05) is 4.90 Å². The standard InChI is InChI=1S/C13H12N2O3S/c1-7(16)10-6-19-13(14-10)15-11(17)8-4-2-3-5-9(8)12(15)18/h2-3,6,8-9H,4-5H2,1H3/t8-,9+. The molecule has 1 aliphatic heterocycles. The normalized spacial score (nSPS) is 25.8. The van der Waals surface area contributed by atoms with Crippen molar-refractivity contribution in [3.63, 3.8) is 0 Å². The van der Waals surface area contributed by atoms with E-state index < -0.39 is 0 Å². The van der Waals surface area contributed by atoms with Crippen LogP contribution in [0.5, 0.6) is 0 Å². The number of hydrogen-bond donors (Lipinski definition) is 0. The summed E-state index contributed by atoms with van der Waals surface area (Å²) >= 11 is 1.16.